The highest BCUT2D eigenvalue weighted by atomic mass is 35.5. The molecule has 1 aromatic rings. The molecule has 1 amide bonds. The zero-order valence-corrected chi connectivity index (χ0v) is 10.8. The number of phenols is 1. The van der Waals surface area contributed by atoms with Gasteiger partial charge >= 0.3 is 0 Å². The first-order valence-electron chi connectivity index (χ1n) is 4.67. The van der Waals surface area contributed by atoms with Crippen molar-refractivity contribution in [1.82, 2.24) is 5.32 Å². The minimum Gasteiger partial charge on any atom is -0.508 e. The molecule has 1 aromatic carbocycles. The van der Waals surface area contributed by atoms with Crippen LogP contribution in [0.15, 0.2) is 24.3 Å². The predicted molar refractivity (Wildman–Crippen MR) is 71.6 cm³/mol. The summed E-state index contributed by atoms with van der Waals surface area (Å²) in [7, 11) is 0. The van der Waals surface area contributed by atoms with E-state index in [0.717, 1.165) is 0 Å². The second-order valence-electron chi connectivity index (χ2n) is 3.15. The molecule has 0 saturated carbocycles. The Morgan fingerprint density at radius 3 is 2.29 bits per heavy atom. The largest absolute Gasteiger partial charge is 0.508 e. The van der Waals surface area contributed by atoms with E-state index in [1.165, 1.54) is 12.1 Å². The van der Waals surface area contributed by atoms with Crippen LogP contribution in [0.1, 0.15) is 11.6 Å². The van der Waals surface area contributed by atoms with E-state index in [-0.39, 0.29) is 36.5 Å². The van der Waals surface area contributed by atoms with E-state index in [0.29, 0.717) is 18.7 Å². The Morgan fingerprint density at radius 1 is 1.29 bits per heavy atom. The summed E-state index contributed by atoms with van der Waals surface area (Å²) in [6.45, 7) is 0.790. The summed E-state index contributed by atoms with van der Waals surface area (Å²) in [6, 6.07) is 5.48. The summed E-state index contributed by atoms with van der Waals surface area (Å²) >= 11 is 0. The van der Waals surface area contributed by atoms with Gasteiger partial charge in [-0.2, -0.15) is 0 Å². The zero-order chi connectivity index (χ0) is 11.3. The summed E-state index contributed by atoms with van der Waals surface area (Å²) in [5.41, 5.74) is 11.6. The van der Waals surface area contributed by atoms with Crippen molar-refractivity contribution in [3.05, 3.63) is 29.8 Å². The fraction of sp³-hybridized carbons (Fsp3) is 0.300. The van der Waals surface area contributed by atoms with Gasteiger partial charge in [0.25, 0.3) is 0 Å². The lowest BCUT2D eigenvalue weighted by molar-refractivity contribution is -0.122. The van der Waals surface area contributed by atoms with E-state index in [2.05, 4.69) is 5.32 Å². The van der Waals surface area contributed by atoms with Crippen LogP contribution < -0.4 is 16.8 Å². The van der Waals surface area contributed by atoms with Crippen molar-refractivity contribution in [3.63, 3.8) is 0 Å². The van der Waals surface area contributed by atoms with Crippen LogP contribution in [0.5, 0.6) is 5.75 Å². The van der Waals surface area contributed by atoms with Crippen LogP contribution in [-0.4, -0.2) is 24.1 Å². The topological polar surface area (TPSA) is 101 Å². The number of hydrogen-bond donors (Lipinski definition) is 4. The third-order valence-corrected chi connectivity index (χ3v) is 1.98. The van der Waals surface area contributed by atoms with Gasteiger partial charge in [-0.15, -0.1) is 24.8 Å². The number of hydrogen-bond acceptors (Lipinski definition) is 4. The molecule has 98 valence electrons. The molecule has 0 aliphatic heterocycles. The monoisotopic (exact) mass is 281 g/mol. The molecule has 0 aliphatic rings. The van der Waals surface area contributed by atoms with Crippen molar-refractivity contribution in [1.29, 1.82) is 0 Å². The van der Waals surface area contributed by atoms with E-state index < -0.39 is 6.04 Å². The van der Waals surface area contributed by atoms with Crippen molar-refractivity contribution in [2.45, 2.75) is 6.04 Å². The van der Waals surface area contributed by atoms with Crippen LogP contribution >= 0.6 is 24.8 Å². The molecule has 5 nitrogen and oxygen atoms in total. The Hall–Kier alpha value is -1.01. The lowest BCUT2D eigenvalue weighted by Gasteiger charge is -2.11. The highest BCUT2D eigenvalue weighted by Gasteiger charge is 2.14. The molecular formula is C10H17Cl2N3O2. The van der Waals surface area contributed by atoms with Crippen LogP contribution in [0.3, 0.4) is 0 Å². The SMILES string of the molecule is Cl.Cl.NCCNC(=O)C(N)c1ccc(O)cc1. The van der Waals surface area contributed by atoms with Crippen LogP contribution in [0, 0.1) is 0 Å². The number of amides is 1. The number of benzene rings is 1. The van der Waals surface area contributed by atoms with Gasteiger partial charge in [-0.25, -0.2) is 0 Å². The molecule has 0 aromatic heterocycles. The first kappa shape index (κ1) is 18.4. The molecule has 0 fully saturated rings. The Kier molecular flexibility index (Phi) is 9.79. The molecular weight excluding hydrogens is 265 g/mol. The molecule has 1 unspecified atom stereocenters. The Morgan fingerprint density at radius 2 is 1.82 bits per heavy atom. The maximum atomic E-state index is 11.4. The summed E-state index contributed by atoms with van der Waals surface area (Å²) < 4.78 is 0. The molecule has 1 rings (SSSR count). The highest BCUT2D eigenvalue weighted by Crippen LogP contribution is 2.14. The van der Waals surface area contributed by atoms with Crippen molar-refractivity contribution in [2.75, 3.05) is 13.1 Å². The number of carbonyl (C=O) groups is 1. The number of aromatic hydroxyl groups is 1. The molecule has 0 bridgehead atoms. The maximum Gasteiger partial charge on any atom is 0.241 e. The van der Waals surface area contributed by atoms with Crippen molar-refractivity contribution < 1.29 is 9.90 Å². The molecule has 17 heavy (non-hydrogen) atoms. The summed E-state index contributed by atoms with van der Waals surface area (Å²) in [4.78, 5) is 11.4. The number of halogens is 2. The van der Waals surface area contributed by atoms with Crippen LogP contribution in [0.4, 0.5) is 0 Å². The van der Waals surface area contributed by atoms with Crippen LogP contribution in [0.25, 0.3) is 0 Å². The average Bonchev–Trinajstić information content (AvgIpc) is 2.26. The summed E-state index contributed by atoms with van der Waals surface area (Å²) in [6.07, 6.45) is 0. The lowest BCUT2D eigenvalue weighted by atomic mass is 10.1. The van der Waals surface area contributed by atoms with Crippen molar-refractivity contribution in [2.24, 2.45) is 11.5 Å². The number of nitrogens with one attached hydrogen (secondary N) is 1. The van der Waals surface area contributed by atoms with Crippen molar-refractivity contribution in [3.8, 4) is 5.75 Å². The van der Waals surface area contributed by atoms with Crippen LogP contribution in [0.2, 0.25) is 0 Å². The Labute approximate surface area is 112 Å². The first-order chi connectivity index (χ1) is 7.15. The Bertz CT molecular complexity index is 333. The smallest absolute Gasteiger partial charge is 0.241 e. The minimum absolute atomic E-state index is 0. The molecule has 0 spiro atoms. The predicted octanol–water partition coefficient (Wildman–Crippen LogP) is 0.310. The van der Waals surface area contributed by atoms with Gasteiger partial charge < -0.3 is 21.9 Å². The standard InChI is InChI=1S/C10H15N3O2.2ClH/c11-5-6-13-10(15)9(12)7-1-3-8(14)4-2-7;;/h1-4,9,14H,5-6,11-12H2,(H,13,15);2*1H. The Balaban J connectivity index is 0. The molecule has 7 heteroatoms. The average molecular weight is 282 g/mol. The van der Waals surface area contributed by atoms with E-state index >= 15 is 0 Å². The molecule has 0 saturated heterocycles. The molecule has 0 aliphatic carbocycles. The van der Waals surface area contributed by atoms with Gasteiger partial charge in [0, 0.05) is 13.1 Å². The van der Waals surface area contributed by atoms with Gasteiger partial charge in [0.2, 0.25) is 5.91 Å². The van der Waals surface area contributed by atoms with E-state index in [1.807, 2.05) is 0 Å². The van der Waals surface area contributed by atoms with E-state index in [9.17, 15) is 4.79 Å². The number of nitrogens with two attached hydrogens (primary N) is 2. The minimum atomic E-state index is -0.725. The summed E-state index contributed by atoms with van der Waals surface area (Å²) in [5.74, 6) is -0.126. The third kappa shape index (κ3) is 5.74. The molecule has 6 N–H and O–H groups in total. The fourth-order valence-electron chi connectivity index (χ4n) is 1.14. The van der Waals surface area contributed by atoms with Gasteiger partial charge in [-0.1, -0.05) is 12.1 Å². The molecule has 0 radical (unpaired) electrons. The number of phenolic OH excluding ortho intramolecular Hbond substituents is 1. The van der Waals surface area contributed by atoms with Gasteiger partial charge in [0.15, 0.2) is 0 Å². The van der Waals surface area contributed by atoms with Gasteiger partial charge in [-0.05, 0) is 17.7 Å². The zero-order valence-electron chi connectivity index (χ0n) is 9.13. The lowest BCUT2D eigenvalue weighted by Crippen LogP contribution is -2.36. The van der Waals surface area contributed by atoms with E-state index in [4.69, 9.17) is 16.6 Å². The highest BCUT2D eigenvalue weighted by molar-refractivity contribution is 5.85. The second kappa shape index (κ2) is 9.07. The van der Waals surface area contributed by atoms with Gasteiger partial charge in [0.1, 0.15) is 11.8 Å². The van der Waals surface area contributed by atoms with Crippen molar-refractivity contribution >= 4 is 30.7 Å². The normalized spacial score (nSPS) is 10.7. The second-order valence-corrected chi connectivity index (χ2v) is 3.15. The molecule has 1 atom stereocenters. The first-order valence-corrected chi connectivity index (χ1v) is 4.67. The quantitative estimate of drug-likeness (QED) is 0.638. The van der Waals surface area contributed by atoms with Gasteiger partial charge in [-0.3, -0.25) is 4.79 Å². The summed E-state index contributed by atoms with van der Waals surface area (Å²) in [5, 5.41) is 11.7. The van der Waals surface area contributed by atoms with E-state index in [1.54, 1.807) is 12.1 Å². The van der Waals surface area contributed by atoms with Crippen LogP contribution in [-0.2, 0) is 4.79 Å². The number of rotatable bonds is 4. The fourth-order valence-corrected chi connectivity index (χ4v) is 1.14. The maximum absolute atomic E-state index is 11.4. The third-order valence-electron chi connectivity index (χ3n) is 1.98. The van der Waals surface area contributed by atoms with Gasteiger partial charge in [0.05, 0.1) is 0 Å². The number of carbonyl (C=O) groups excluding carboxylic acids is 1. The molecule has 0 heterocycles.